The van der Waals surface area contributed by atoms with Crippen LogP contribution < -0.4 is 4.90 Å². The lowest BCUT2D eigenvalue weighted by molar-refractivity contribution is 1.17. The highest BCUT2D eigenvalue weighted by Gasteiger charge is 2.25. The highest BCUT2D eigenvalue weighted by molar-refractivity contribution is 7.99. The van der Waals surface area contributed by atoms with Gasteiger partial charge in [0.15, 0.2) is 0 Å². The minimum atomic E-state index is 1.17. The first-order chi connectivity index (χ1) is 18.3. The first-order valence-electron chi connectivity index (χ1n) is 12.5. The molecule has 0 unspecified atom stereocenters. The molecular weight excluding hydrogens is 468 g/mol. The highest BCUT2D eigenvalue weighted by Crippen LogP contribution is 2.52. The summed E-state index contributed by atoms with van der Waals surface area (Å²) in [5.74, 6) is 0. The summed E-state index contributed by atoms with van der Waals surface area (Å²) in [6.45, 7) is 0. The van der Waals surface area contributed by atoms with Gasteiger partial charge in [0.05, 0.1) is 11.4 Å². The van der Waals surface area contributed by atoms with E-state index in [9.17, 15) is 0 Å². The van der Waals surface area contributed by atoms with Crippen molar-refractivity contribution in [1.29, 1.82) is 0 Å². The zero-order chi connectivity index (χ0) is 24.3. The van der Waals surface area contributed by atoms with Gasteiger partial charge in [0.25, 0.3) is 0 Å². The fraction of sp³-hybridized carbons (Fsp3) is 0. The molecule has 37 heavy (non-hydrogen) atoms. The normalized spacial score (nSPS) is 12.7. The number of aromatic nitrogens is 1. The van der Waals surface area contributed by atoms with E-state index in [2.05, 4.69) is 137 Å². The number of H-pyrrole nitrogens is 1. The Bertz CT molecular complexity index is 1970. The molecule has 0 spiro atoms. The Morgan fingerprint density at radius 2 is 1.27 bits per heavy atom. The van der Waals surface area contributed by atoms with Gasteiger partial charge >= 0.3 is 0 Å². The van der Waals surface area contributed by atoms with E-state index in [0.717, 1.165) is 0 Å². The molecule has 0 saturated carbocycles. The second kappa shape index (κ2) is 8.02. The second-order valence-corrected chi connectivity index (χ2v) is 10.6. The topological polar surface area (TPSA) is 19.0 Å². The van der Waals surface area contributed by atoms with Gasteiger partial charge in [0, 0.05) is 37.3 Å². The van der Waals surface area contributed by atoms with Crippen molar-refractivity contribution < 1.29 is 0 Å². The monoisotopic (exact) mass is 490 g/mol. The van der Waals surface area contributed by atoms with Crippen LogP contribution in [0.15, 0.2) is 137 Å². The van der Waals surface area contributed by atoms with Crippen molar-refractivity contribution in [3.8, 4) is 11.1 Å². The van der Waals surface area contributed by atoms with Gasteiger partial charge in [0.2, 0.25) is 0 Å². The maximum atomic E-state index is 3.67. The third kappa shape index (κ3) is 3.21. The fourth-order valence-corrected chi connectivity index (χ4v) is 6.75. The first kappa shape index (κ1) is 20.7. The molecule has 1 aliphatic rings. The number of para-hydroxylation sites is 2. The molecule has 2 heterocycles. The summed E-state index contributed by atoms with van der Waals surface area (Å²) in [6.07, 6.45) is 0. The summed E-state index contributed by atoms with van der Waals surface area (Å²) < 4.78 is 0. The molecule has 1 N–H and O–H groups in total. The Kier molecular flexibility index (Phi) is 4.49. The summed E-state index contributed by atoms with van der Waals surface area (Å²) in [4.78, 5) is 8.58. The van der Waals surface area contributed by atoms with Crippen molar-refractivity contribution in [2.24, 2.45) is 0 Å². The summed E-state index contributed by atoms with van der Waals surface area (Å²) in [5.41, 5.74) is 8.42. The quantitative estimate of drug-likeness (QED) is 0.260. The Hall–Kier alpha value is -4.47. The number of nitrogens with zero attached hydrogens (tertiary/aromatic N) is 1. The average molecular weight is 491 g/mol. The van der Waals surface area contributed by atoms with Crippen LogP contribution in [0.2, 0.25) is 0 Å². The number of benzene rings is 6. The molecule has 8 rings (SSSR count). The fourth-order valence-electron chi connectivity index (χ4n) is 5.65. The van der Waals surface area contributed by atoms with Crippen LogP contribution in [0, 0.1) is 0 Å². The minimum Gasteiger partial charge on any atom is -0.354 e. The lowest BCUT2D eigenvalue weighted by Crippen LogP contribution is -2.14. The van der Waals surface area contributed by atoms with Crippen LogP contribution in [-0.2, 0) is 0 Å². The van der Waals surface area contributed by atoms with Gasteiger partial charge in [-0.05, 0) is 70.4 Å². The molecule has 0 radical (unpaired) electrons. The van der Waals surface area contributed by atoms with Crippen LogP contribution in [0.4, 0.5) is 17.1 Å². The smallest absolute Gasteiger partial charge is 0.0602 e. The lowest BCUT2D eigenvalue weighted by Gasteiger charge is -2.33. The van der Waals surface area contributed by atoms with Crippen molar-refractivity contribution in [3.05, 3.63) is 127 Å². The van der Waals surface area contributed by atoms with Crippen molar-refractivity contribution in [1.82, 2.24) is 4.98 Å². The van der Waals surface area contributed by atoms with Gasteiger partial charge in [-0.2, -0.15) is 0 Å². The number of anilines is 3. The van der Waals surface area contributed by atoms with Crippen LogP contribution in [0.5, 0.6) is 0 Å². The van der Waals surface area contributed by atoms with E-state index in [1.165, 1.54) is 70.6 Å². The van der Waals surface area contributed by atoms with E-state index in [1.807, 2.05) is 11.8 Å². The standard InChI is InChI=1S/C34H22N2S/c1-2-9-25(10-3-1)36-30-12-6-7-13-32(30)37-33-21-24(16-19-31(33)36)23-14-17-27-29(20-23)35-28-18-15-22-8-4-5-11-26(22)34(27)28/h1-21,35H. The third-order valence-corrected chi connectivity index (χ3v) is 8.47. The van der Waals surface area contributed by atoms with Gasteiger partial charge < -0.3 is 9.88 Å². The van der Waals surface area contributed by atoms with Gasteiger partial charge in [0.1, 0.15) is 0 Å². The first-order valence-corrected chi connectivity index (χ1v) is 13.3. The molecule has 0 amide bonds. The average Bonchev–Trinajstić information content (AvgIpc) is 3.34. The molecule has 1 aromatic heterocycles. The molecule has 174 valence electrons. The largest absolute Gasteiger partial charge is 0.354 e. The Labute approximate surface area is 219 Å². The van der Waals surface area contributed by atoms with Crippen LogP contribution >= 0.6 is 11.8 Å². The van der Waals surface area contributed by atoms with Crippen molar-refractivity contribution in [2.45, 2.75) is 9.79 Å². The molecule has 0 saturated heterocycles. The Balaban J connectivity index is 1.27. The van der Waals surface area contributed by atoms with Gasteiger partial charge in [-0.1, -0.05) is 90.6 Å². The molecule has 0 bridgehead atoms. The zero-order valence-corrected chi connectivity index (χ0v) is 20.8. The predicted molar refractivity (Wildman–Crippen MR) is 158 cm³/mol. The van der Waals surface area contributed by atoms with Gasteiger partial charge in [-0.25, -0.2) is 0 Å². The molecule has 6 aromatic carbocycles. The van der Waals surface area contributed by atoms with E-state index < -0.39 is 0 Å². The number of nitrogens with one attached hydrogen (secondary N) is 1. The molecule has 0 atom stereocenters. The van der Waals surface area contributed by atoms with Gasteiger partial charge in [-0.3, -0.25) is 0 Å². The van der Waals surface area contributed by atoms with Crippen molar-refractivity contribution >= 4 is 61.4 Å². The van der Waals surface area contributed by atoms with Gasteiger partial charge in [-0.15, -0.1) is 0 Å². The molecule has 0 fully saturated rings. The maximum absolute atomic E-state index is 3.67. The van der Waals surface area contributed by atoms with Crippen molar-refractivity contribution in [2.75, 3.05) is 4.90 Å². The van der Waals surface area contributed by atoms with Crippen molar-refractivity contribution in [3.63, 3.8) is 0 Å². The van der Waals surface area contributed by atoms with E-state index >= 15 is 0 Å². The number of aromatic amines is 1. The summed E-state index contributed by atoms with van der Waals surface area (Å²) >= 11 is 1.85. The lowest BCUT2D eigenvalue weighted by atomic mass is 10.0. The van der Waals surface area contributed by atoms with Crippen LogP contribution in [0.3, 0.4) is 0 Å². The molecule has 0 aliphatic carbocycles. The second-order valence-electron chi connectivity index (χ2n) is 9.52. The molecule has 1 aliphatic heterocycles. The molecule has 7 aromatic rings. The summed E-state index contributed by atoms with van der Waals surface area (Å²) in [5, 5.41) is 5.14. The predicted octanol–water partition coefficient (Wildman–Crippen LogP) is 10.1. The minimum absolute atomic E-state index is 1.17. The zero-order valence-electron chi connectivity index (χ0n) is 20.0. The highest BCUT2D eigenvalue weighted by atomic mass is 32.2. The van der Waals surface area contributed by atoms with E-state index in [4.69, 9.17) is 0 Å². The Morgan fingerprint density at radius 3 is 2.22 bits per heavy atom. The van der Waals surface area contributed by atoms with E-state index in [0.29, 0.717) is 0 Å². The van der Waals surface area contributed by atoms with E-state index in [1.54, 1.807) is 0 Å². The summed E-state index contributed by atoms with van der Waals surface area (Å²) in [6, 6.07) is 46.0. The SMILES string of the molecule is c1ccc(N2c3ccccc3Sc3cc(-c4ccc5c(c4)[nH]c4ccc6ccccc6c45)ccc32)cc1. The molecule has 3 heteroatoms. The van der Waals surface area contributed by atoms with Crippen LogP contribution in [0.1, 0.15) is 0 Å². The van der Waals surface area contributed by atoms with Crippen LogP contribution in [-0.4, -0.2) is 4.98 Å². The number of hydrogen-bond acceptors (Lipinski definition) is 2. The van der Waals surface area contributed by atoms with Crippen LogP contribution in [0.25, 0.3) is 43.7 Å². The maximum Gasteiger partial charge on any atom is 0.0602 e. The molecule has 2 nitrogen and oxygen atoms in total. The summed E-state index contributed by atoms with van der Waals surface area (Å²) in [7, 11) is 0. The van der Waals surface area contributed by atoms with E-state index in [-0.39, 0.29) is 0 Å². The molecular formula is C34H22N2S. The Morgan fingerprint density at radius 1 is 0.514 bits per heavy atom. The number of rotatable bonds is 2. The number of hydrogen-bond donors (Lipinski definition) is 1. The number of fused-ring (bicyclic) bond motifs is 7. The third-order valence-electron chi connectivity index (χ3n) is 7.36.